The van der Waals surface area contributed by atoms with Gasteiger partial charge in [-0.2, -0.15) is 5.10 Å². The van der Waals surface area contributed by atoms with Gasteiger partial charge in [0.25, 0.3) is 0 Å². The maximum absolute atomic E-state index is 5.63. The highest BCUT2D eigenvalue weighted by Crippen LogP contribution is 2.31. The van der Waals surface area contributed by atoms with E-state index in [-0.39, 0.29) is 0 Å². The molecule has 0 spiro atoms. The highest BCUT2D eigenvalue weighted by atomic mass is 16.5. The van der Waals surface area contributed by atoms with Crippen molar-refractivity contribution in [2.24, 2.45) is 5.92 Å². The number of hydrogen-bond donors (Lipinski definition) is 1. The summed E-state index contributed by atoms with van der Waals surface area (Å²) >= 11 is 0. The minimum Gasteiger partial charge on any atom is -0.490 e. The van der Waals surface area contributed by atoms with Crippen LogP contribution in [-0.4, -0.2) is 28.4 Å². The molecule has 21 heavy (non-hydrogen) atoms. The molecule has 0 aliphatic carbocycles. The van der Waals surface area contributed by atoms with Crippen LogP contribution in [0.3, 0.4) is 0 Å². The lowest BCUT2D eigenvalue weighted by molar-refractivity contribution is 0.288. The lowest BCUT2D eigenvalue weighted by Gasteiger charge is -2.11. The van der Waals surface area contributed by atoms with Crippen LogP contribution in [0.4, 0.5) is 0 Å². The Bertz CT molecular complexity index is 579. The molecule has 0 unspecified atom stereocenters. The third-order valence-electron chi connectivity index (χ3n) is 2.93. The van der Waals surface area contributed by atoms with E-state index in [1.54, 1.807) is 0 Å². The van der Waals surface area contributed by atoms with Gasteiger partial charge in [-0.05, 0) is 38.0 Å². The summed E-state index contributed by atoms with van der Waals surface area (Å²) in [6, 6.07) is 5.79. The zero-order valence-corrected chi connectivity index (χ0v) is 13.1. The molecule has 0 fully saturated rings. The fraction of sp³-hybridized carbons (Fsp3) is 0.500. The van der Waals surface area contributed by atoms with E-state index in [1.165, 1.54) is 0 Å². The summed E-state index contributed by atoms with van der Waals surface area (Å²) in [4.78, 5) is 4.53. The van der Waals surface area contributed by atoms with Crippen LogP contribution in [0.2, 0.25) is 0 Å². The molecule has 0 saturated carbocycles. The molecule has 0 saturated heterocycles. The van der Waals surface area contributed by atoms with Crippen molar-refractivity contribution in [1.29, 1.82) is 0 Å². The molecule has 0 aliphatic rings. The summed E-state index contributed by atoms with van der Waals surface area (Å²) < 4.78 is 11.2. The van der Waals surface area contributed by atoms with E-state index in [0.29, 0.717) is 25.0 Å². The average molecular weight is 289 g/mol. The van der Waals surface area contributed by atoms with Crippen molar-refractivity contribution < 1.29 is 9.47 Å². The van der Waals surface area contributed by atoms with Crippen LogP contribution < -0.4 is 9.47 Å². The molecule has 5 heteroatoms. The van der Waals surface area contributed by atoms with Crippen molar-refractivity contribution in [2.75, 3.05) is 13.2 Å². The molecule has 5 nitrogen and oxygen atoms in total. The quantitative estimate of drug-likeness (QED) is 0.848. The van der Waals surface area contributed by atoms with E-state index in [2.05, 4.69) is 29.0 Å². The number of rotatable bonds is 7. The number of ether oxygens (including phenoxy) is 2. The van der Waals surface area contributed by atoms with E-state index in [0.717, 1.165) is 29.3 Å². The zero-order valence-electron chi connectivity index (χ0n) is 13.1. The first-order valence-corrected chi connectivity index (χ1v) is 7.45. The lowest BCUT2D eigenvalue weighted by atomic mass is 10.1. The number of benzene rings is 1. The topological polar surface area (TPSA) is 60.0 Å². The maximum Gasteiger partial charge on any atom is 0.181 e. The highest BCUT2D eigenvalue weighted by molar-refractivity contribution is 5.60. The van der Waals surface area contributed by atoms with Gasteiger partial charge in [0, 0.05) is 12.0 Å². The molecule has 0 aliphatic heterocycles. The molecule has 1 heterocycles. The summed E-state index contributed by atoms with van der Waals surface area (Å²) in [6.07, 6.45) is 0.891. The minimum atomic E-state index is 0.546. The van der Waals surface area contributed by atoms with Gasteiger partial charge in [0.05, 0.1) is 13.2 Å². The van der Waals surface area contributed by atoms with Gasteiger partial charge in [0.1, 0.15) is 5.82 Å². The Morgan fingerprint density at radius 1 is 1.10 bits per heavy atom. The largest absolute Gasteiger partial charge is 0.490 e. The van der Waals surface area contributed by atoms with Gasteiger partial charge >= 0.3 is 0 Å². The molecule has 0 amide bonds. The Kier molecular flexibility index (Phi) is 5.20. The van der Waals surface area contributed by atoms with Gasteiger partial charge in [-0.15, -0.1) is 0 Å². The summed E-state index contributed by atoms with van der Waals surface area (Å²) in [5.41, 5.74) is 0.924. The van der Waals surface area contributed by atoms with Crippen LogP contribution in [0.1, 0.15) is 33.5 Å². The second-order valence-electron chi connectivity index (χ2n) is 5.23. The predicted molar refractivity (Wildman–Crippen MR) is 82.7 cm³/mol. The Morgan fingerprint density at radius 3 is 2.48 bits per heavy atom. The molecule has 2 rings (SSSR count). The lowest BCUT2D eigenvalue weighted by Crippen LogP contribution is -1.98. The van der Waals surface area contributed by atoms with Gasteiger partial charge < -0.3 is 9.47 Å². The van der Waals surface area contributed by atoms with Crippen LogP contribution in [0.25, 0.3) is 11.4 Å². The fourth-order valence-electron chi connectivity index (χ4n) is 2.09. The van der Waals surface area contributed by atoms with Crippen LogP contribution in [-0.2, 0) is 6.42 Å². The van der Waals surface area contributed by atoms with Crippen LogP contribution >= 0.6 is 0 Å². The Hall–Kier alpha value is -2.04. The molecule has 1 aromatic heterocycles. The number of hydrogen-bond acceptors (Lipinski definition) is 4. The normalized spacial score (nSPS) is 10.9. The fourth-order valence-corrected chi connectivity index (χ4v) is 2.09. The molecule has 0 bridgehead atoms. The van der Waals surface area contributed by atoms with Gasteiger partial charge in [-0.3, -0.25) is 5.10 Å². The molecule has 114 valence electrons. The number of aromatic amines is 1. The smallest absolute Gasteiger partial charge is 0.181 e. The first-order valence-electron chi connectivity index (χ1n) is 7.45. The molecule has 0 radical (unpaired) electrons. The third kappa shape index (κ3) is 3.97. The minimum absolute atomic E-state index is 0.546. The molecule has 1 aromatic carbocycles. The van der Waals surface area contributed by atoms with Crippen molar-refractivity contribution in [3.05, 3.63) is 24.0 Å². The second kappa shape index (κ2) is 7.11. The Labute approximate surface area is 125 Å². The summed E-state index contributed by atoms with van der Waals surface area (Å²) in [5, 5.41) is 7.28. The molecule has 2 aromatic rings. The van der Waals surface area contributed by atoms with Crippen molar-refractivity contribution in [3.8, 4) is 22.9 Å². The summed E-state index contributed by atoms with van der Waals surface area (Å²) in [7, 11) is 0. The van der Waals surface area contributed by atoms with Gasteiger partial charge in [-0.1, -0.05) is 13.8 Å². The van der Waals surface area contributed by atoms with E-state index in [4.69, 9.17) is 9.47 Å². The monoisotopic (exact) mass is 289 g/mol. The van der Waals surface area contributed by atoms with E-state index in [9.17, 15) is 0 Å². The average Bonchev–Trinajstić information content (AvgIpc) is 2.89. The SMILES string of the molecule is CCOc1ccc(-c2n[nH]c(CC(C)C)n2)cc1OCC. The van der Waals surface area contributed by atoms with Gasteiger partial charge in [0.2, 0.25) is 0 Å². The van der Waals surface area contributed by atoms with Crippen molar-refractivity contribution in [1.82, 2.24) is 15.2 Å². The number of aromatic nitrogens is 3. The van der Waals surface area contributed by atoms with Crippen molar-refractivity contribution >= 4 is 0 Å². The van der Waals surface area contributed by atoms with Crippen LogP contribution in [0, 0.1) is 5.92 Å². The molecule has 1 N–H and O–H groups in total. The second-order valence-corrected chi connectivity index (χ2v) is 5.23. The van der Waals surface area contributed by atoms with E-state index >= 15 is 0 Å². The maximum atomic E-state index is 5.63. The summed E-state index contributed by atoms with van der Waals surface area (Å²) in [5.74, 6) is 3.62. The Balaban J connectivity index is 2.26. The number of H-pyrrole nitrogens is 1. The Morgan fingerprint density at radius 2 is 1.81 bits per heavy atom. The third-order valence-corrected chi connectivity index (χ3v) is 2.93. The predicted octanol–water partition coefficient (Wildman–Crippen LogP) is 3.47. The van der Waals surface area contributed by atoms with E-state index < -0.39 is 0 Å². The van der Waals surface area contributed by atoms with Crippen LogP contribution in [0.15, 0.2) is 18.2 Å². The first-order chi connectivity index (χ1) is 10.1. The highest BCUT2D eigenvalue weighted by Gasteiger charge is 2.11. The first kappa shape index (κ1) is 15.4. The molecule has 0 atom stereocenters. The van der Waals surface area contributed by atoms with Gasteiger partial charge in [-0.25, -0.2) is 4.98 Å². The van der Waals surface area contributed by atoms with E-state index in [1.807, 2.05) is 32.0 Å². The number of nitrogens with one attached hydrogen (secondary N) is 1. The van der Waals surface area contributed by atoms with Gasteiger partial charge in [0.15, 0.2) is 17.3 Å². The standard InChI is InChI=1S/C16H23N3O2/c1-5-20-13-8-7-12(10-14(13)21-6-2)16-17-15(18-19-16)9-11(3)4/h7-8,10-11H,5-6,9H2,1-4H3,(H,17,18,19). The van der Waals surface area contributed by atoms with Crippen molar-refractivity contribution in [2.45, 2.75) is 34.1 Å². The van der Waals surface area contributed by atoms with Crippen LogP contribution in [0.5, 0.6) is 11.5 Å². The zero-order chi connectivity index (χ0) is 15.2. The molecular weight excluding hydrogens is 266 g/mol. The molecular formula is C16H23N3O2. The van der Waals surface area contributed by atoms with Crippen molar-refractivity contribution in [3.63, 3.8) is 0 Å². The summed E-state index contributed by atoms with van der Waals surface area (Å²) in [6.45, 7) is 9.43. The number of nitrogens with zero attached hydrogens (tertiary/aromatic N) is 2.